The summed E-state index contributed by atoms with van der Waals surface area (Å²) in [5.74, 6) is 6.13. The van der Waals surface area contributed by atoms with Gasteiger partial charge in [-0.25, -0.2) is 0 Å². The highest BCUT2D eigenvalue weighted by Crippen LogP contribution is 2.55. The Morgan fingerprint density at radius 3 is 2.08 bits per heavy atom. The van der Waals surface area contributed by atoms with Crippen molar-refractivity contribution in [2.75, 3.05) is 0 Å². The summed E-state index contributed by atoms with van der Waals surface area (Å²) in [5, 5.41) is 0. The highest BCUT2D eigenvalue weighted by atomic mass is 14.5. The van der Waals surface area contributed by atoms with Crippen LogP contribution in [0.5, 0.6) is 0 Å². The Bertz CT molecular complexity index is 178. The first-order valence-corrected chi connectivity index (χ1v) is 6.11. The lowest BCUT2D eigenvalue weighted by molar-refractivity contribution is 0.163. The topological polar surface area (TPSA) is 0 Å². The van der Waals surface area contributed by atoms with E-state index in [4.69, 9.17) is 0 Å². The van der Waals surface area contributed by atoms with E-state index in [-0.39, 0.29) is 0 Å². The molecule has 76 valence electrons. The number of hydrogen-bond acceptors (Lipinski definition) is 0. The lowest BCUT2D eigenvalue weighted by Gasteiger charge is -2.33. The highest BCUT2D eigenvalue weighted by molar-refractivity contribution is 4.96. The summed E-state index contributed by atoms with van der Waals surface area (Å²) >= 11 is 0. The predicted molar refractivity (Wildman–Crippen MR) is 57.5 cm³/mol. The molecule has 13 heavy (non-hydrogen) atoms. The van der Waals surface area contributed by atoms with E-state index in [1.165, 1.54) is 12.8 Å². The van der Waals surface area contributed by atoms with E-state index in [1.807, 2.05) is 0 Å². The van der Waals surface area contributed by atoms with Crippen molar-refractivity contribution < 1.29 is 0 Å². The van der Waals surface area contributed by atoms with Gasteiger partial charge in [-0.1, -0.05) is 27.7 Å². The minimum Gasteiger partial charge on any atom is -0.0625 e. The summed E-state index contributed by atoms with van der Waals surface area (Å²) in [5.41, 5.74) is 0. The first kappa shape index (κ1) is 9.55. The van der Waals surface area contributed by atoms with Gasteiger partial charge in [0, 0.05) is 0 Å². The van der Waals surface area contributed by atoms with Crippen LogP contribution >= 0.6 is 0 Å². The van der Waals surface area contributed by atoms with Gasteiger partial charge >= 0.3 is 0 Å². The van der Waals surface area contributed by atoms with E-state index in [0.717, 1.165) is 35.5 Å². The molecule has 2 rings (SSSR count). The summed E-state index contributed by atoms with van der Waals surface area (Å²) in [4.78, 5) is 0. The average Bonchev–Trinajstić information content (AvgIpc) is 2.21. The van der Waals surface area contributed by atoms with Crippen LogP contribution in [0.4, 0.5) is 0 Å². The Morgan fingerprint density at radius 2 is 1.77 bits per heavy atom. The Hall–Kier alpha value is 0. The molecule has 2 saturated carbocycles. The van der Waals surface area contributed by atoms with Crippen LogP contribution < -0.4 is 0 Å². The molecule has 0 N–H and O–H groups in total. The molecule has 5 atom stereocenters. The van der Waals surface area contributed by atoms with Gasteiger partial charge < -0.3 is 0 Å². The van der Waals surface area contributed by atoms with Gasteiger partial charge in [0.25, 0.3) is 0 Å². The van der Waals surface area contributed by atoms with E-state index >= 15 is 0 Å². The van der Waals surface area contributed by atoms with Crippen LogP contribution in [0.1, 0.15) is 47.0 Å². The van der Waals surface area contributed by atoms with Crippen molar-refractivity contribution in [1.29, 1.82) is 0 Å². The van der Waals surface area contributed by atoms with Crippen molar-refractivity contribution in [2.45, 2.75) is 47.0 Å². The maximum Gasteiger partial charge on any atom is -0.0355 e. The molecule has 0 heteroatoms. The Balaban J connectivity index is 2.00. The second-order valence-electron chi connectivity index (χ2n) is 5.86. The van der Waals surface area contributed by atoms with Gasteiger partial charge in [-0.3, -0.25) is 0 Å². The first-order valence-electron chi connectivity index (χ1n) is 6.11. The van der Waals surface area contributed by atoms with E-state index in [0.29, 0.717) is 0 Å². The zero-order chi connectivity index (χ0) is 9.59. The van der Waals surface area contributed by atoms with Gasteiger partial charge in [-0.2, -0.15) is 0 Å². The molecule has 4 unspecified atom stereocenters. The molecule has 0 nitrogen and oxygen atoms in total. The van der Waals surface area contributed by atoms with Crippen LogP contribution in [0.3, 0.4) is 0 Å². The zero-order valence-corrected chi connectivity index (χ0v) is 9.59. The van der Waals surface area contributed by atoms with Crippen LogP contribution in [0.25, 0.3) is 0 Å². The summed E-state index contributed by atoms with van der Waals surface area (Å²) in [7, 11) is 0. The molecule has 0 aromatic rings. The number of fused-ring (bicyclic) bond motifs is 1. The normalized spacial score (nSPS) is 45.9. The standard InChI is InChI=1S/C13H24/c1-8(2)9(3)13-7-11-5-6-12(11)10(13)4/h8-13H,5-7H2,1-4H3/t9?,10?,11-,12?,13?/m1/s1. The number of hydrogen-bond donors (Lipinski definition) is 0. The molecule has 0 radical (unpaired) electrons. The fourth-order valence-corrected chi connectivity index (χ4v) is 3.65. The lowest BCUT2D eigenvalue weighted by atomic mass is 9.72. The summed E-state index contributed by atoms with van der Waals surface area (Å²) in [6.45, 7) is 9.75. The molecule has 2 aliphatic rings. The third-order valence-electron chi connectivity index (χ3n) is 5.13. The second kappa shape index (κ2) is 3.29. The fraction of sp³-hybridized carbons (Fsp3) is 1.00. The molecular weight excluding hydrogens is 156 g/mol. The minimum atomic E-state index is 0.880. The van der Waals surface area contributed by atoms with E-state index < -0.39 is 0 Å². The third kappa shape index (κ3) is 1.43. The third-order valence-corrected chi connectivity index (χ3v) is 5.13. The van der Waals surface area contributed by atoms with E-state index in [9.17, 15) is 0 Å². The first-order chi connectivity index (χ1) is 6.11. The van der Waals surface area contributed by atoms with E-state index in [2.05, 4.69) is 27.7 Å². The molecule has 0 heterocycles. The van der Waals surface area contributed by atoms with Crippen LogP contribution in [0.15, 0.2) is 0 Å². The Morgan fingerprint density at radius 1 is 1.08 bits per heavy atom. The predicted octanol–water partition coefficient (Wildman–Crippen LogP) is 3.96. The van der Waals surface area contributed by atoms with Gasteiger partial charge in [0.1, 0.15) is 0 Å². The van der Waals surface area contributed by atoms with Gasteiger partial charge in [0.05, 0.1) is 0 Å². The van der Waals surface area contributed by atoms with Crippen molar-refractivity contribution in [3.63, 3.8) is 0 Å². The monoisotopic (exact) mass is 180 g/mol. The van der Waals surface area contributed by atoms with Gasteiger partial charge in [0.15, 0.2) is 0 Å². The lowest BCUT2D eigenvalue weighted by Crippen LogP contribution is -2.25. The maximum absolute atomic E-state index is 2.51. The second-order valence-corrected chi connectivity index (χ2v) is 5.86. The smallest absolute Gasteiger partial charge is 0.0355 e. The SMILES string of the molecule is CC(C)C(C)C1C[C@H]2CCC2C1C. The van der Waals surface area contributed by atoms with Crippen molar-refractivity contribution in [1.82, 2.24) is 0 Å². The van der Waals surface area contributed by atoms with Crippen LogP contribution in [0.2, 0.25) is 0 Å². The van der Waals surface area contributed by atoms with Gasteiger partial charge in [-0.15, -0.1) is 0 Å². The Labute approximate surface area is 83.1 Å². The molecule has 0 saturated heterocycles. The van der Waals surface area contributed by atoms with Gasteiger partial charge in [0.2, 0.25) is 0 Å². The fourth-order valence-electron chi connectivity index (χ4n) is 3.65. The molecular formula is C13H24. The molecule has 0 aliphatic heterocycles. The van der Waals surface area contributed by atoms with Crippen LogP contribution in [-0.4, -0.2) is 0 Å². The highest BCUT2D eigenvalue weighted by Gasteiger charge is 2.47. The molecule has 2 fully saturated rings. The van der Waals surface area contributed by atoms with Crippen molar-refractivity contribution in [2.24, 2.45) is 35.5 Å². The van der Waals surface area contributed by atoms with Crippen molar-refractivity contribution >= 4 is 0 Å². The Kier molecular flexibility index (Phi) is 2.42. The maximum atomic E-state index is 2.51. The van der Waals surface area contributed by atoms with Crippen LogP contribution in [0, 0.1) is 35.5 Å². The molecule has 2 aliphatic carbocycles. The zero-order valence-electron chi connectivity index (χ0n) is 9.59. The summed E-state index contributed by atoms with van der Waals surface area (Å²) in [6, 6.07) is 0. The molecule has 0 bridgehead atoms. The minimum absolute atomic E-state index is 0.880. The van der Waals surface area contributed by atoms with Crippen LogP contribution in [-0.2, 0) is 0 Å². The van der Waals surface area contributed by atoms with Gasteiger partial charge in [-0.05, 0) is 54.8 Å². The molecule has 0 spiro atoms. The van der Waals surface area contributed by atoms with E-state index in [1.54, 1.807) is 6.42 Å². The number of rotatable bonds is 2. The quantitative estimate of drug-likeness (QED) is 0.603. The summed E-state index contributed by atoms with van der Waals surface area (Å²) < 4.78 is 0. The largest absolute Gasteiger partial charge is 0.0625 e. The van der Waals surface area contributed by atoms with Crippen molar-refractivity contribution in [3.8, 4) is 0 Å². The molecule has 0 amide bonds. The molecule has 0 aromatic heterocycles. The molecule has 0 aromatic carbocycles. The van der Waals surface area contributed by atoms with Crippen molar-refractivity contribution in [3.05, 3.63) is 0 Å². The average molecular weight is 180 g/mol. The summed E-state index contributed by atoms with van der Waals surface area (Å²) in [6.07, 6.45) is 4.62.